The second kappa shape index (κ2) is 8.83. The molecule has 1 amide bonds. The molecule has 3 rings (SSSR count). The number of hydrogen-bond acceptors (Lipinski definition) is 4. The smallest absolute Gasteiger partial charge is 0.274 e. The molecule has 26 heavy (non-hydrogen) atoms. The van der Waals surface area contributed by atoms with E-state index in [0.717, 1.165) is 35.8 Å². The standard InChI is InChI=1S/C18H24N4O2.C2H6/c1-11(2)15-9-17(21-20-15)18(23)22-6-5-13(10-22)16-8-14(24-4)7-12(3)19-16;1-2/h7-9,11,13H,5-6,10H2,1-4H3,(H,20,21);1-2H3. The van der Waals surface area contributed by atoms with E-state index in [9.17, 15) is 4.79 Å². The molecule has 0 bridgehead atoms. The van der Waals surface area contributed by atoms with E-state index < -0.39 is 0 Å². The Bertz CT molecular complexity index is 739. The average molecular weight is 358 g/mol. The Kier molecular flexibility index (Phi) is 6.77. The number of aromatic nitrogens is 3. The van der Waals surface area contributed by atoms with Gasteiger partial charge in [0.1, 0.15) is 11.4 Å². The molecule has 142 valence electrons. The first-order valence-corrected chi connectivity index (χ1v) is 9.35. The van der Waals surface area contributed by atoms with Crippen LogP contribution in [0.2, 0.25) is 0 Å². The molecule has 0 aromatic carbocycles. The van der Waals surface area contributed by atoms with E-state index in [-0.39, 0.29) is 11.8 Å². The molecular formula is C20H30N4O2. The van der Waals surface area contributed by atoms with Gasteiger partial charge in [0.05, 0.1) is 7.11 Å². The van der Waals surface area contributed by atoms with Crippen LogP contribution in [-0.2, 0) is 0 Å². The van der Waals surface area contributed by atoms with Crippen LogP contribution in [0, 0.1) is 6.92 Å². The van der Waals surface area contributed by atoms with Gasteiger partial charge < -0.3 is 9.64 Å². The van der Waals surface area contributed by atoms with Gasteiger partial charge in [-0.2, -0.15) is 5.10 Å². The fourth-order valence-corrected chi connectivity index (χ4v) is 3.08. The van der Waals surface area contributed by atoms with Crippen LogP contribution in [0.4, 0.5) is 0 Å². The SMILES string of the molecule is CC.COc1cc(C)nc(C2CCN(C(=O)c3cc(C(C)C)[nH]n3)C2)c1. The van der Waals surface area contributed by atoms with Crippen molar-refractivity contribution in [3.8, 4) is 5.75 Å². The summed E-state index contributed by atoms with van der Waals surface area (Å²) < 4.78 is 5.33. The number of rotatable bonds is 4. The highest BCUT2D eigenvalue weighted by Crippen LogP contribution is 2.29. The molecule has 1 aliphatic heterocycles. The van der Waals surface area contributed by atoms with Crippen LogP contribution in [-0.4, -0.2) is 46.2 Å². The summed E-state index contributed by atoms with van der Waals surface area (Å²) in [6, 6.07) is 5.74. The molecule has 6 nitrogen and oxygen atoms in total. The summed E-state index contributed by atoms with van der Waals surface area (Å²) in [5.41, 5.74) is 3.41. The molecule has 1 aliphatic rings. The number of carbonyl (C=O) groups excluding carboxylic acids is 1. The maximum Gasteiger partial charge on any atom is 0.274 e. The van der Waals surface area contributed by atoms with Crippen molar-refractivity contribution in [3.05, 3.63) is 41.0 Å². The van der Waals surface area contributed by atoms with Gasteiger partial charge in [0, 0.05) is 48.2 Å². The number of pyridine rings is 1. The molecule has 1 saturated heterocycles. The van der Waals surface area contributed by atoms with Gasteiger partial charge >= 0.3 is 0 Å². The third-order valence-electron chi connectivity index (χ3n) is 4.51. The van der Waals surface area contributed by atoms with Gasteiger partial charge in [0.2, 0.25) is 0 Å². The minimum Gasteiger partial charge on any atom is -0.497 e. The second-order valence-corrected chi connectivity index (χ2v) is 6.67. The molecular weight excluding hydrogens is 328 g/mol. The summed E-state index contributed by atoms with van der Waals surface area (Å²) >= 11 is 0. The summed E-state index contributed by atoms with van der Waals surface area (Å²) in [5, 5.41) is 7.12. The molecule has 2 aromatic rings. The molecule has 0 aliphatic carbocycles. The number of nitrogens with one attached hydrogen (secondary N) is 1. The predicted octanol–water partition coefficient (Wildman–Crippen LogP) is 3.90. The molecule has 0 saturated carbocycles. The van der Waals surface area contributed by atoms with E-state index in [4.69, 9.17) is 4.74 Å². The number of aryl methyl sites for hydroxylation is 1. The fourth-order valence-electron chi connectivity index (χ4n) is 3.08. The van der Waals surface area contributed by atoms with Crippen LogP contribution >= 0.6 is 0 Å². The normalized spacial score (nSPS) is 16.4. The van der Waals surface area contributed by atoms with Crippen molar-refractivity contribution in [1.29, 1.82) is 0 Å². The molecule has 3 heterocycles. The predicted molar refractivity (Wildman–Crippen MR) is 103 cm³/mol. The number of hydrogen-bond donors (Lipinski definition) is 1. The van der Waals surface area contributed by atoms with Gasteiger partial charge in [-0.1, -0.05) is 27.7 Å². The minimum atomic E-state index is -0.0136. The molecule has 1 atom stereocenters. The molecule has 0 spiro atoms. The van der Waals surface area contributed by atoms with Crippen molar-refractivity contribution in [3.63, 3.8) is 0 Å². The lowest BCUT2D eigenvalue weighted by Gasteiger charge is -2.15. The Morgan fingerprint density at radius 3 is 2.65 bits per heavy atom. The summed E-state index contributed by atoms with van der Waals surface area (Å²) in [4.78, 5) is 19.1. The molecule has 0 radical (unpaired) electrons. The van der Waals surface area contributed by atoms with Gasteiger partial charge in [-0.3, -0.25) is 14.9 Å². The largest absolute Gasteiger partial charge is 0.497 e. The number of carbonyl (C=O) groups is 1. The average Bonchev–Trinajstić information content (AvgIpc) is 3.32. The summed E-state index contributed by atoms with van der Waals surface area (Å²) in [5.74, 6) is 1.37. The van der Waals surface area contributed by atoms with E-state index in [1.807, 2.05) is 43.9 Å². The Labute approximate surface area is 156 Å². The quantitative estimate of drug-likeness (QED) is 0.900. The summed E-state index contributed by atoms with van der Waals surface area (Å²) in [7, 11) is 1.66. The van der Waals surface area contributed by atoms with Crippen LogP contribution in [0.15, 0.2) is 18.2 Å². The zero-order chi connectivity index (χ0) is 19.3. The van der Waals surface area contributed by atoms with E-state index in [1.54, 1.807) is 7.11 Å². The third kappa shape index (κ3) is 4.42. The van der Waals surface area contributed by atoms with Crippen LogP contribution in [0.25, 0.3) is 0 Å². The van der Waals surface area contributed by atoms with Crippen LogP contribution < -0.4 is 4.74 Å². The Hall–Kier alpha value is -2.37. The van der Waals surface area contributed by atoms with Crippen LogP contribution in [0.5, 0.6) is 5.75 Å². The van der Waals surface area contributed by atoms with Crippen molar-refractivity contribution in [2.75, 3.05) is 20.2 Å². The second-order valence-electron chi connectivity index (χ2n) is 6.67. The maximum atomic E-state index is 12.6. The fraction of sp³-hybridized carbons (Fsp3) is 0.550. The molecule has 1 unspecified atom stereocenters. The molecule has 2 aromatic heterocycles. The van der Waals surface area contributed by atoms with E-state index in [1.165, 1.54) is 0 Å². The highest BCUT2D eigenvalue weighted by Gasteiger charge is 2.30. The third-order valence-corrected chi connectivity index (χ3v) is 4.51. The zero-order valence-electron chi connectivity index (χ0n) is 16.7. The van der Waals surface area contributed by atoms with Crippen molar-refractivity contribution < 1.29 is 9.53 Å². The molecule has 1 N–H and O–H groups in total. The van der Waals surface area contributed by atoms with Crippen molar-refractivity contribution >= 4 is 5.91 Å². The van der Waals surface area contributed by atoms with Gasteiger partial charge in [0.25, 0.3) is 5.91 Å². The highest BCUT2D eigenvalue weighted by molar-refractivity contribution is 5.92. The Morgan fingerprint density at radius 1 is 1.31 bits per heavy atom. The van der Waals surface area contributed by atoms with E-state index >= 15 is 0 Å². The van der Waals surface area contributed by atoms with Gasteiger partial charge in [-0.25, -0.2) is 0 Å². The van der Waals surface area contributed by atoms with Gasteiger partial charge in [-0.05, 0) is 25.3 Å². The first kappa shape index (κ1) is 19.9. The Morgan fingerprint density at radius 2 is 2.04 bits per heavy atom. The van der Waals surface area contributed by atoms with Crippen LogP contribution in [0.1, 0.15) is 73.5 Å². The number of amides is 1. The number of methoxy groups -OCH3 is 1. The Balaban J connectivity index is 0.00000117. The lowest BCUT2D eigenvalue weighted by molar-refractivity contribution is 0.0785. The first-order valence-electron chi connectivity index (χ1n) is 9.35. The number of H-pyrrole nitrogens is 1. The number of ether oxygens (including phenoxy) is 1. The molecule has 1 fully saturated rings. The maximum absolute atomic E-state index is 12.6. The molecule has 6 heteroatoms. The summed E-state index contributed by atoms with van der Waals surface area (Å²) in [6.07, 6.45) is 0.910. The van der Waals surface area contributed by atoms with Gasteiger partial charge in [0.15, 0.2) is 0 Å². The van der Waals surface area contributed by atoms with Crippen molar-refractivity contribution in [2.24, 2.45) is 0 Å². The lowest BCUT2D eigenvalue weighted by Crippen LogP contribution is -2.28. The topological polar surface area (TPSA) is 71.1 Å². The van der Waals surface area contributed by atoms with Crippen molar-refractivity contribution in [1.82, 2.24) is 20.1 Å². The summed E-state index contributed by atoms with van der Waals surface area (Å²) in [6.45, 7) is 11.5. The van der Waals surface area contributed by atoms with Gasteiger partial charge in [-0.15, -0.1) is 0 Å². The zero-order valence-corrected chi connectivity index (χ0v) is 16.7. The number of aromatic amines is 1. The number of nitrogens with zero attached hydrogens (tertiary/aromatic N) is 3. The monoisotopic (exact) mass is 358 g/mol. The number of likely N-dealkylation sites (tertiary alicyclic amines) is 1. The lowest BCUT2D eigenvalue weighted by atomic mass is 10.0. The van der Waals surface area contributed by atoms with E-state index in [0.29, 0.717) is 18.2 Å². The van der Waals surface area contributed by atoms with Crippen molar-refractivity contribution in [2.45, 2.75) is 52.9 Å². The van der Waals surface area contributed by atoms with E-state index in [2.05, 4.69) is 29.0 Å². The van der Waals surface area contributed by atoms with Crippen LogP contribution in [0.3, 0.4) is 0 Å². The minimum absolute atomic E-state index is 0.0136. The first-order chi connectivity index (χ1) is 12.5. The highest BCUT2D eigenvalue weighted by atomic mass is 16.5.